The minimum absolute atomic E-state index is 0.768. The first kappa shape index (κ1) is 11.1. The van der Waals surface area contributed by atoms with Gasteiger partial charge in [-0.15, -0.1) is 0 Å². The molecule has 0 N–H and O–H groups in total. The number of hydrogen-bond donors (Lipinski definition) is 0. The van der Waals surface area contributed by atoms with Crippen LogP contribution in [0.5, 0.6) is 0 Å². The largest absolute Gasteiger partial charge is 0.367 e. The van der Waals surface area contributed by atoms with Gasteiger partial charge in [0.1, 0.15) is 0 Å². The molecule has 3 atom stereocenters. The Bertz CT molecular complexity index is 396. The zero-order valence-electron chi connectivity index (χ0n) is 11.1. The van der Waals surface area contributed by atoms with Crippen molar-refractivity contribution in [2.75, 3.05) is 11.4 Å². The molecule has 1 aliphatic heterocycles. The first-order valence-electron chi connectivity index (χ1n) is 6.84. The van der Waals surface area contributed by atoms with Crippen molar-refractivity contribution in [3.8, 4) is 0 Å². The molecule has 1 saturated heterocycles. The van der Waals surface area contributed by atoms with Crippen LogP contribution < -0.4 is 4.90 Å². The van der Waals surface area contributed by atoms with E-state index in [1.165, 1.54) is 25.1 Å². The molecule has 3 unspecified atom stereocenters. The van der Waals surface area contributed by atoms with E-state index in [1.54, 1.807) is 0 Å². The van der Waals surface area contributed by atoms with Gasteiger partial charge in [-0.1, -0.05) is 13.8 Å². The maximum absolute atomic E-state index is 4.44. The van der Waals surface area contributed by atoms with E-state index >= 15 is 0 Å². The highest BCUT2D eigenvalue weighted by Gasteiger charge is 2.45. The summed E-state index contributed by atoms with van der Waals surface area (Å²) in [6.07, 6.45) is 4.89. The number of anilines is 1. The molecule has 0 aromatic carbocycles. The normalized spacial score (nSPS) is 31.5. The third-order valence-corrected chi connectivity index (χ3v) is 4.61. The highest BCUT2D eigenvalue weighted by Crippen LogP contribution is 2.46. The number of piperidine rings is 1. The van der Waals surface area contributed by atoms with Crippen molar-refractivity contribution in [1.82, 2.24) is 4.98 Å². The Morgan fingerprint density at radius 1 is 1.29 bits per heavy atom. The molecule has 92 valence electrons. The van der Waals surface area contributed by atoms with Gasteiger partial charge in [-0.05, 0) is 49.7 Å². The van der Waals surface area contributed by atoms with Gasteiger partial charge < -0.3 is 4.90 Å². The Morgan fingerprint density at radius 2 is 2.12 bits per heavy atom. The van der Waals surface area contributed by atoms with E-state index in [1.807, 2.05) is 6.20 Å². The molecule has 1 saturated carbocycles. The van der Waals surface area contributed by atoms with Gasteiger partial charge in [0.25, 0.3) is 0 Å². The first-order chi connectivity index (χ1) is 8.15. The van der Waals surface area contributed by atoms with E-state index in [0.29, 0.717) is 0 Å². The molecule has 0 amide bonds. The summed E-state index contributed by atoms with van der Waals surface area (Å²) < 4.78 is 0. The van der Waals surface area contributed by atoms with E-state index in [9.17, 15) is 0 Å². The predicted molar refractivity (Wildman–Crippen MR) is 71.2 cm³/mol. The zero-order valence-corrected chi connectivity index (χ0v) is 11.1. The summed E-state index contributed by atoms with van der Waals surface area (Å²) in [6.45, 7) is 8.04. The van der Waals surface area contributed by atoms with Crippen molar-refractivity contribution in [3.05, 3.63) is 24.0 Å². The Kier molecular flexibility index (Phi) is 2.61. The number of hydrogen-bond acceptors (Lipinski definition) is 2. The smallest absolute Gasteiger partial charge is 0.0555 e. The van der Waals surface area contributed by atoms with Gasteiger partial charge in [-0.3, -0.25) is 4.98 Å². The van der Waals surface area contributed by atoms with Crippen LogP contribution in [-0.4, -0.2) is 17.6 Å². The minimum Gasteiger partial charge on any atom is -0.367 e. The number of nitrogens with zero attached hydrogens (tertiary/aromatic N) is 2. The number of fused-ring (bicyclic) bond motifs is 2. The summed E-state index contributed by atoms with van der Waals surface area (Å²) in [5, 5.41) is 0. The lowest BCUT2D eigenvalue weighted by Crippen LogP contribution is -2.40. The van der Waals surface area contributed by atoms with E-state index in [-0.39, 0.29) is 0 Å². The van der Waals surface area contributed by atoms with Crippen molar-refractivity contribution in [2.45, 2.75) is 39.7 Å². The van der Waals surface area contributed by atoms with Crippen LogP contribution >= 0.6 is 0 Å². The van der Waals surface area contributed by atoms with E-state index in [4.69, 9.17) is 0 Å². The van der Waals surface area contributed by atoms with E-state index in [2.05, 4.69) is 42.8 Å². The lowest BCUT2D eigenvalue weighted by Gasteiger charge is -2.36. The molecule has 2 bridgehead atoms. The summed E-state index contributed by atoms with van der Waals surface area (Å²) in [6, 6.07) is 5.14. The van der Waals surface area contributed by atoms with Crippen LogP contribution in [0.1, 0.15) is 32.4 Å². The number of aromatic nitrogens is 1. The fourth-order valence-corrected chi connectivity index (χ4v) is 3.72. The van der Waals surface area contributed by atoms with Crippen LogP contribution in [-0.2, 0) is 0 Å². The summed E-state index contributed by atoms with van der Waals surface area (Å²) in [4.78, 5) is 7.04. The van der Waals surface area contributed by atoms with E-state index in [0.717, 1.165) is 29.5 Å². The van der Waals surface area contributed by atoms with Gasteiger partial charge in [-0.25, -0.2) is 0 Å². The summed E-state index contributed by atoms with van der Waals surface area (Å²) in [5.41, 5.74) is 2.44. The van der Waals surface area contributed by atoms with Crippen molar-refractivity contribution in [1.29, 1.82) is 0 Å². The maximum atomic E-state index is 4.44. The lowest BCUT2D eigenvalue weighted by molar-refractivity contribution is 0.312. The van der Waals surface area contributed by atoms with Crippen LogP contribution in [0.25, 0.3) is 0 Å². The second-order valence-corrected chi connectivity index (χ2v) is 6.12. The third-order valence-electron chi connectivity index (χ3n) is 4.61. The van der Waals surface area contributed by atoms with Gasteiger partial charge in [-0.2, -0.15) is 0 Å². The molecule has 17 heavy (non-hydrogen) atoms. The van der Waals surface area contributed by atoms with Gasteiger partial charge >= 0.3 is 0 Å². The molecule has 0 spiro atoms. The average Bonchev–Trinajstić information content (AvgIpc) is 2.89. The Labute approximate surface area is 104 Å². The molecule has 2 heterocycles. The minimum atomic E-state index is 0.768. The van der Waals surface area contributed by atoms with Crippen LogP contribution in [0.4, 0.5) is 5.69 Å². The van der Waals surface area contributed by atoms with Crippen LogP contribution in [0.15, 0.2) is 18.3 Å². The fraction of sp³-hybridized carbons (Fsp3) is 0.667. The summed E-state index contributed by atoms with van der Waals surface area (Å²) >= 11 is 0. The van der Waals surface area contributed by atoms with Crippen LogP contribution in [0, 0.1) is 24.7 Å². The predicted octanol–water partition coefficient (Wildman–Crippen LogP) is 3.26. The second-order valence-electron chi connectivity index (χ2n) is 6.12. The second kappa shape index (κ2) is 4.01. The molecule has 2 aliphatic rings. The van der Waals surface area contributed by atoms with Gasteiger partial charge in [0.15, 0.2) is 0 Å². The standard InChI is InChI=1S/C15H22N2/c1-10(2)14-6-12-7-15(14)17(9-12)13-5-4-11(3)16-8-13/h4-5,8,10,12,14-15H,6-7,9H2,1-3H3. The first-order valence-corrected chi connectivity index (χ1v) is 6.84. The maximum Gasteiger partial charge on any atom is 0.0555 e. The molecular formula is C15H22N2. The van der Waals surface area contributed by atoms with E-state index < -0.39 is 0 Å². The molecular weight excluding hydrogens is 208 g/mol. The monoisotopic (exact) mass is 230 g/mol. The highest BCUT2D eigenvalue weighted by molar-refractivity contribution is 5.48. The SMILES string of the molecule is Cc1ccc(N2CC3CC(C(C)C)C2C3)cn1. The lowest BCUT2D eigenvalue weighted by atomic mass is 9.87. The van der Waals surface area contributed by atoms with Crippen molar-refractivity contribution < 1.29 is 0 Å². The molecule has 1 aromatic rings. The summed E-state index contributed by atoms with van der Waals surface area (Å²) in [7, 11) is 0. The van der Waals surface area contributed by atoms with Crippen LogP contribution in [0.3, 0.4) is 0 Å². The molecule has 1 aliphatic carbocycles. The van der Waals surface area contributed by atoms with Crippen molar-refractivity contribution in [3.63, 3.8) is 0 Å². The average molecular weight is 230 g/mol. The molecule has 3 rings (SSSR count). The quantitative estimate of drug-likeness (QED) is 0.775. The molecule has 2 heteroatoms. The molecule has 2 fully saturated rings. The molecule has 1 aromatic heterocycles. The van der Waals surface area contributed by atoms with Gasteiger partial charge in [0.2, 0.25) is 0 Å². The molecule has 2 nitrogen and oxygen atoms in total. The molecule has 0 radical (unpaired) electrons. The Morgan fingerprint density at radius 3 is 2.71 bits per heavy atom. The fourth-order valence-electron chi connectivity index (χ4n) is 3.72. The highest BCUT2D eigenvalue weighted by atomic mass is 15.2. The summed E-state index contributed by atoms with van der Waals surface area (Å²) in [5.74, 6) is 2.62. The Balaban J connectivity index is 1.83. The number of aryl methyl sites for hydroxylation is 1. The zero-order chi connectivity index (χ0) is 12.0. The Hall–Kier alpha value is -1.05. The third kappa shape index (κ3) is 1.84. The van der Waals surface area contributed by atoms with Gasteiger partial charge in [0, 0.05) is 18.3 Å². The van der Waals surface area contributed by atoms with Crippen molar-refractivity contribution >= 4 is 5.69 Å². The van der Waals surface area contributed by atoms with Crippen LogP contribution in [0.2, 0.25) is 0 Å². The van der Waals surface area contributed by atoms with Gasteiger partial charge in [0.05, 0.1) is 11.9 Å². The number of rotatable bonds is 2. The van der Waals surface area contributed by atoms with Crippen molar-refractivity contribution in [2.24, 2.45) is 17.8 Å². The number of pyridine rings is 1. The topological polar surface area (TPSA) is 16.1 Å².